The molecule has 1 atom stereocenters. The molecule has 0 fully saturated rings. The van der Waals surface area contributed by atoms with Crippen LogP contribution >= 0.6 is 15.9 Å². The molecule has 3 rings (SSSR count). The highest BCUT2D eigenvalue weighted by Gasteiger charge is 2.33. The summed E-state index contributed by atoms with van der Waals surface area (Å²) in [6.07, 6.45) is 0.338. The zero-order chi connectivity index (χ0) is 18.8. The number of carbonyl (C=O) groups is 2. The van der Waals surface area contributed by atoms with Gasteiger partial charge >= 0.3 is 0 Å². The van der Waals surface area contributed by atoms with Crippen LogP contribution in [-0.2, 0) is 22.7 Å². The van der Waals surface area contributed by atoms with Crippen LogP contribution in [0.25, 0.3) is 0 Å². The summed E-state index contributed by atoms with van der Waals surface area (Å²) in [4.78, 5) is 26.6. The molecule has 1 aliphatic heterocycles. The first-order valence-electron chi connectivity index (χ1n) is 8.37. The van der Waals surface area contributed by atoms with Crippen LogP contribution < -0.4 is 15.0 Å². The van der Waals surface area contributed by atoms with Crippen LogP contribution in [0.4, 0.5) is 5.82 Å². The number of hydrogen-bond acceptors (Lipinski definition) is 4. The second-order valence-electron chi connectivity index (χ2n) is 6.23. The first-order chi connectivity index (χ1) is 12.4. The normalized spacial score (nSPS) is 14.8. The molecule has 7 nitrogen and oxygen atoms in total. The largest absolute Gasteiger partial charge is 0.496 e. The summed E-state index contributed by atoms with van der Waals surface area (Å²) in [7, 11) is 1.59. The van der Waals surface area contributed by atoms with Crippen molar-refractivity contribution in [3.8, 4) is 5.75 Å². The molecule has 1 unspecified atom stereocenters. The van der Waals surface area contributed by atoms with Gasteiger partial charge in [-0.1, -0.05) is 15.9 Å². The molecule has 1 aromatic carbocycles. The molecule has 2 amide bonds. The zero-order valence-electron chi connectivity index (χ0n) is 15.0. The number of aromatic nitrogens is 2. The fourth-order valence-corrected chi connectivity index (χ4v) is 3.50. The maximum absolute atomic E-state index is 12.7. The molecule has 0 radical (unpaired) electrons. The zero-order valence-corrected chi connectivity index (χ0v) is 16.5. The lowest BCUT2D eigenvalue weighted by Gasteiger charge is -2.32. The minimum atomic E-state index is -0.629. The topological polar surface area (TPSA) is 76.5 Å². The summed E-state index contributed by atoms with van der Waals surface area (Å²) in [5, 5.41) is 7.27. The number of nitrogens with zero attached hydrogens (tertiary/aromatic N) is 3. The van der Waals surface area contributed by atoms with Crippen LogP contribution in [0.15, 0.2) is 28.7 Å². The van der Waals surface area contributed by atoms with Crippen molar-refractivity contribution >= 4 is 33.6 Å². The SMILES string of the molecule is COc1ccc(Br)cc1CNC(=O)C(C)N1C(=O)CCn2nc(C)cc21. The van der Waals surface area contributed by atoms with E-state index in [0.717, 1.165) is 15.7 Å². The average Bonchev–Trinajstić information content (AvgIpc) is 2.99. The van der Waals surface area contributed by atoms with Gasteiger partial charge in [-0.2, -0.15) is 5.10 Å². The van der Waals surface area contributed by atoms with Crippen LogP contribution in [0, 0.1) is 6.92 Å². The Morgan fingerprint density at radius 1 is 1.42 bits per heavy atom. The number of hydrogen-bond donors (Lipinski definition) is 1. The third-order valence-corrected chi connectivity index (χ3v) is 4.89. The molecule has 8 heteroatoms. The first-order valence-corrected chi connectivity index (χ1v) is 9.16. The van der Waals surface area contributed by atoms with E-state index in [1.54, 1.807) is 18.7 Å². The van der Waals surface area contributed by atoms with Crippen LogP contribution in [0.2, 0.25) is 0 Å². The van der Waals surface area contributed by atoms with Gasteiger partial charge in [-0.15, -0.1) is 0 Å². The number of halogens is 1. The highest BCUT2D eigenvalue weighted by atomic mass is 79.9. The van der Waals surface area contributed by atoms with Gasteiger partial charge in [-0.05, 0) is 32.0 Å². The molecule has 1 aliphatic rings. The molecule has 0 saturated carbocycles. The van der Waals surface area contributed by atoms with Crippen molar-refractivity contribution in [2.75, 3.05) is 12.0 Å². The second kappa shape index (κ2) is 7.49. The Morgan fingerprint density at radius 2 is 2.19 bits per heavy atom. The molecule has 0 bridgehead atoms. The highest BCUT2D eigenvalue weighted by Crippen LogP contribution is 2.25. The Morgan fingerprint density at radius 3 is 2.92 bits per heavy atom. The highest BCUT2D eigenvalue weighted by molar-refractivity contribution is 9.10. The van der Waals surface area contributed by atoms with Crippen molar-refractivity contribution in [1.29, 1.82) is 0 Å². The van der Waals surface area contributed by atoms with Crippen molar-refractivity contribution in [2.24, 2.45) is 0 Å². The van der Waals surface area contributed by atoms with Crippen LogP contribution in [0.1, 0.15) is 24.6 Å². The number of methoxy groups -OCH3 is 1. The molecule has 1 aromatic heterocycles. The van der Waals surface area contributed by atoms with Crippen molar-refractivity contribution in [3.05, 3.63) is 40.0 Å². The minimum absolute atomic E-state index is 0.0694. The number of benzene rings is 1. The predicted molar refractivity (Wildman–Crippen MR) is 101 cm³/mol. The Kier molecular flexibility index (Phi) is 5.31. The number of amides is 2. The van der Waals surface area contributed by atoms with Gasteiger partial charge in [0.25, 0.3) is 0 Å². The number of fused-ring (bicyclic) bond motifs is 1. The van der Waals surface area contributed by atoms with E-state index in [1.807, 2.05) is 31.2 Å². The summed E-state index contributed by atoms with van der Waals surface area (Å²) in [6.45, 7) is 4.45. The molecular weight excluding hydrogens is 400 g/mol. The minimum Gasteiger partial charge on any atom is -0.496 e. The van der Waals surface area contributed by atoms with Gasteiger partial charge in [-0.25, -0.2) is 4.68 Å². The molecule has 0 spiro atoms. The molecule has 26 heavy (non-hydrogen) atoms. The Bertz CT molecular complexity index is 849. The average molecular weight is 421 g/mol. The molecule has 2 aromatic rings. The first kappa shape index (κ1) is 18.4. The standard InChI is InChI=1S/C18H21BrN4O3/c1-11-8-16-22(21-11)7-6-17(24)23(16)12(2)18(25)20-10-13-9-14(19)4-5-15(13)26-3/h4-5,8-9,12H,6-7,10H2,1-3H3,(H,20,25). The number of aryl methyl sites for hydroxylation is 2. The Labute approximate surface area is 160 Å². The third-order valence-electron chi connectivity index (χ3n) is 4.40. The quantitative estimate of drug-likeness (QED) is 0.805. The molecule has 0 aliphatic carbocycles. The van der Waals surface area contributed by atoms with E-state index < -0.39 is 6.04 Å². The Hall–Kier alpha value is -2.35. The van der Waals surface area contributed by atoms with Gasteiger partial charge in [0.05, 0.1) is 19.3 Å². The van der Waals surface area contributed by atoms with E-state index in [0.29, 0.717) is 31.1 Å². The second-order valence-corrected chi connectivity index (χ2v) is 7.15. The van der Waals surface area contributed by atoms with Crippen molar-refractivity contribution in [2.45, 2.75) is 39.4 Å². The smallest absolute Gasteiger partial charge is 0.243 e. The van der Waals surface area contributed by atoms with Crippen molar-refractivity contribution in [3.63, 3.8) is 0 Å². The summed E-state index contributed by atoms with van der Waals surface area (Å²) in [5.41, 5.74) is 1.68. The fourth-order valence-electron chi connectivity index (χ4n) is 3.09. The van der Waals surface area contributed by atoms with E-state index in [2.05, 4.69) is 26.3 Å². The summed E-state index contributed by atoms with van der Waals surface area (Å²) >= 11 is 3.42. The van der Waals surface area contributed by atoms with E-state index >= 15 is 0 Å². The fraction of sp³-hybridized carbons (Fsp3) is 0.389. The monoisotopic (exact) mass is 420 g/mol. The van der Waals surface area contributed by atoms with Crippen LogP contribution in [-0.4, -0.2) is 34.7 Å². The van der Waals surface area contributed by atoms with Crippen molar-refractivity contribution < 1.29 is 14.3 Å². The molecule has 138 valence electrons. The third kappa shape index (κ3) is 3.60. The molecule has 2 heterocycles. The van der Waals surface area contributed by atoms with Gasteiger partial charge < -0.3 is 10.1 Å². The lowest BCUT2D eigenvalue weighted by Crippen LogP contribution is -2.50. The lowest BCUT2D eigenvalue weighted by molar-refractivity contribution is -0.126. The molecular formula is C18H21BrN4O3. The van der Waals surface area contributed by atoms with Gasteiger partial charge in [0.15, 0.2) is 0 Å². The van der Waals surface area contributed by atoms with Crippen LogP contribution in [0.3, 0.4) is 0 Å². The maximum atomic E-state index is 12.7. The van der Waals surface area contributed by atoms with Gasteiger partial charge in [-0.3, -0.25) is 14.5 Å². The number of nitrogens with one attached hydrogen (secondary N) is 1. The number of ether oxygens (including phenoxy) is 1. The van der Waals surface area contributed by atoms with Gasteiger partial charge in [0.1, 0.15) is 17.6 Å². The molecule has 0 saturated heterocycles. The van der Waals surface area contributed by atoms with E-state index in [4.69, 9.17) is 4.74 Å². The summed E-state index contributed by atoms with van der Waals surface area (Å²) in [6, 6.07) is 6.82. The number of anilines is 1. The maximum Gasteiger partial charge on any atom is 0.243 e. The summed E-state index contributed by atoms with van der Waals surface area (Å²) < 4.78 is 8.01. The van der Waals surface area contributed by atoms with E-state index in [9.17, 15) is 9.59 Å². The van der Waals surface area contributed by atoms with E-state index in [-0.39, 0.29) is 11.8 Å². The van der Waals surface area contributed by atoms with Gasteiger partial charge in [0, 0.05) is 29.1 Å². The predicted octanol–water partition coefficient (Wildman–Crippen LogP) is 2.40. The summed E-state index contributed by atoms with van der Waals surface area (Å²) in [5.74, 6) is 1.07. The Balaban J connectivity index is 1.74. The van der Waals surface area contributed by atoms with Crippen LogP contribution in [0.5, 0.6) is 5.75 Å². The van der Waals surface area contributed by atoms with E-state index in [1.165, 1.54) is 4.90 Å². The number of rotatable bonds is 5. The molecule has 1 N–H and O–H groups in total. The van der Waals surface area contributed by atoms with Gasteiger partial charge in [0.2, 0.25) is 11.8 Å². The van der Waals surface area contributed by atoms with Crippen molar-refractivity contribution in [1.82, 2.24) is 15.1 Å². The lowest BCUT2D eigenvalue weighted by atomic mass is 10.1. The number of carbonyl (C=O) groups excluding carboxylic acids is 2.